The molecule has 0 amide bonds. The van der Waals surface area contributed by atoms with Gasteiger partial charge in [0.15, 0.2) is 9.84 Å². The molecule has 5 nitrogen and oxygen atoms in total. The average molecular weight is 301 g/mol. The Labute approximate surface area is 115 Å². The smallest absolute Gasteiger partial charge is 0.274 e. The summed E-state index contributed by atoms with van der Waals surface area (Å²) in [5, 5.41) is 3.17. The molecule has 1 aromatic heterocycles. The molecule has 0 atom stereocenters. The molecule has 7 heteroatoms. The molecule has 1 aromatic carbocycles. The first-order valence-corrected chi connectivity index (χ1v) is 7.77. The quantitative estimate of drug-likeness (QED) is 0.920. The monoisotopic (exact) mass is 300 g/mol. The van der Waals surface area contributed by atoms with Crippen LogP contribution in [0, 0.1) is 13.8 Å². The summed E-state index contributed by atoms with van der Waals surface area (Å²) in [6.07, 6.45) is 1.11. The molecule has 0 unspecified atom stereocenters. The van der Waals surface area contributed by atoms with Gasteiger partial charge in [0.2, 0.25) is 0 Å². The normalized spacial score (nSPS) is 11.8. The van der Waals surface area contributed by atoms with Gasteiger partial charge in [0, 0.05) is 17.5 Å². The van der Waals surface area contributed by atoms with Crippen LogP contribution in [0.1, 0.15) is 11.3 Å². The van der Waals surface area contributed by atoms with Crippen LogP contribution < -0.4 is 5.56 Å². The number of H-pyrrole nitrogens is 1. The van der Waals surface area contributed by atoms with Crippen molar-refractivity contribution in [1.82, 2.24) is 9.78 Å². The number of halogens is 1. The number of aryl methyl sites for hydroxylation is 1. The Morgan fingerprint density at radius 2 is 1.89 bits per heavy atom. The summed E-state index contributed by atoms with van der Waals surface area (Å²) in [6, 6.07) is 4.26. The number of aromatic amines is 1. The van der Waals surface area contributed by atoms with E-state index in [0.29, 0.717) is 22.0 Å². The molecule has 0 spiro atoms. The number of aromatic nitrogens is 2. The van der Waals surface area contributed by atoms with Gasteiger partial charge in [-0.2, -0.15) is 0 Å². The minimum atomic E-state index is -3.35. The maximum Gasteiger partial charge on any atom is 0.274 e. The van der Waals surface area contributed by atoms with Crippen LogP contribution >= 0.6 is 11.6 Å². The lowest BCUT2D eigenvalue weighted by Gasteiger charge is -2.07. The van der Waals surface area contributed by atoms with Crippen molar-refractivity contribution in [3.05, 3.63) is 44.8 Å². The Morgan fingerprint density at radius 3 is 2.37 bits per heavy atom. The molecule has 102 valence electrons. The molecule has 1 N–H and O–H groups in total. The first-order valence-electron chi connectivity index (χ1n) is 5.50. The zero-order chi connectivity index (χ0) is 14.4. The van der Waals surface area contributed by atoms with Crippen molar-refractivity contribution in [3.8, 4) is 5.69 Å². The van der Waals surface area contributed by atoms with Crippen LogP contribution in [0.3, 0.4) is 0 Å². The molecule has 1 heterocycles. The number of nitrogens with zero attached hydrogens (tertiary/aromatic N) is 1. The minimum absolute atomic E-state index is 0.115. The maximum absolute atomic E-state index is 12.0. The Bertz CT molecular complexity index is 803. The van der Waals surface area contributed by atoms with E-state index in [4.69, 9.17) is 11.6 Å². The highest BCUT2D eigenvalue weighted by Gasteiger charge is 2.15. The molecule has 0 aliphatic heterocycles. The van der Waals surface area contributed by atoms with Crippen LogP contribution in [0.25, 0.3) is 5.69 Å². The van der Waals surface area contributed by atoms with Gasteiger partial charge in [-0.15, -0.1) is 0 Å². The van der Waals surface area contributed by atoms with Gasteiger partial charge >= 0.3 is 0 Å². The molecule has 2 rings (SSSR count). The van der Waals surface area contributed by atoms with Crippen LogP contribution in [0.4, 0.5) is 0 Å². The Balaban J connectivity index is 2.75. The molecule has 0 saturated carbocycles. The molecule has 2 aromatic rings. The summed E-state index contributed by atoms with van der Waals surface area (Å²) < 4.78 is 24.3. The summed E-state index contributed by atoms with van der Waals surface area (Å²) >= 11 is 6.04. The average Bonchev–Trinajstić information content (AvgIpc) is 2.56. The van der Waals surface area contributed by atoms with Crippen molar-refractivity contribution >= 4 is 21.4 Å². The van der Waals surface area contributed by atoms with E-state index in [9.17, 15) is 13.2 Å². The van der Waals surface area contributed by atoms with Crippen molar-refractivity contribution in [2.45, 2.75) is 18.7 Å². The second kappa shape index (κ2) is 4.54. The molecule has 0 radical (unpaired) electrons. The van der Waals surface area contributed by atoms with Gasteiger partial charge in [-0.3, -0.25) is 9.89 Å². The maximum atomic E-state index is 12.0. The van der Waals surface area contributed by atoms with Crippen LogP contribution in [0.2, 0.25) is 5.02 Å². The molecule has 0 fully saturated rings. The topological polar surface area (TPSA) is 71.9 Å². The van der Waals surface area contributed by atoms with Crippen molar-refractivity contribution in [2.24, 2.45) is 0 Å². The van der Waals surface area contributed by atoms with E-state index in [-0.39, 0.29) is 10.5 Å². The highest BCUT2D eigenvalue weighted by Crippen LogP contribution is 2.23. The van der Waals surface area contributed by atoms with Gasteiger partial charge in [-0.05, 0) is 32.0 Å². The van der Waals surface area contributed by atoms with Crippen molar-refractivity contribution < 1.29 is 8.42 Å². The largest absolute Gasteiger partial charge is 0.295 e. The second-order valence-electron chi connectivity index (χ2n) is 4.39. The lowest BCUT2D eigenvalue weighted by molar-refractivity contribution is 0.601. The molecule has 0 bridgehead atoms. The molecular formula is C12H13ClN2O3S. The second-order valence-corrected chi connectivity index (χ2v) is 6.81. The number of benzene rings is 1. The molecule has 0 aliphatic carbocycles. The van der Waals surface area contributed by atoms with Crippen LogP contribution in [0.5, 0.6) is 0 Å². The lowest BCUT2D eigenvalue weighted by atomic mass is 10.3. The summed E-state index contributed by atoms with van der Waals surface area (Å²) in [5.74, 6) is 0. The highest BCUT2D eigenvalue weighted by molar-refractivity contribution is 7.90. The first-order chi connectivity index (χ1) is 8.71. The number of hydrogen-bond donors (Lipinski definition) is 1. The fraction of sp³-hybridized carbons (Fsp3) is 0.250. The molecule has 19 heavy (non-hydrogen) atoms. The first kappa shape index (κ1) is 13.9. The zero-order valence-corrected chi connectivity index (χ0v) is 12.3. The Morgan fingerprint density at radius 1 is 1.26 bits per heavy atom. The van der Waals surface area contributed by atoms with E-state index in [1.807, 2.05) is 0 Å². The third kappa shape index (κ3) is 2.46. The van der Waals surface area contributed by atoms with E-state index >= 15 is 0 Å². The van der Waals surface area contributed by atoms with Crippen LogP contribution in [-0.4, -0.2) is 24.5 Å². The Kier molecular flexibility index (Phi) is 3.32. The summed E-state index contributed by atoms with van der Waals surface area (Å²) in [7, 11) is -3.35. The standard InChI is InChI=1S/C12H13ClN2O3S/c1-7-8(2)14-15(12(7)16)11-6-9(19(3,17)18)4-5-10(11)13/h4-6,14H,1-3H3. The van der Waals surface area contributed by atoms with Gasteiger partial charge in [0.25, 0.3) is 5.56 Å². The van der Waals surface area contributed by atoms with Crippen molar-refractivity contribution in [2.75, 3.05) is 6.26 Å². The summed E-state index contributed by atoms with van der Waals surface area (Å²) in [5.41, 5.74) is 1.36. The van der Waals surface area contributed by atoms with Gasteiger partial charge < -0.3 is 0 Å². The van der Waals surface area contributed by atoms with Gasteiger partial charge in [-0.1, -0.05) is 11.6 Å². The van der Waals surface area contributed by atoms with Gasteiger partial charge in [-0.25, -0.2) is 13.1 Å². The van der Waals surface area contributed by atoms with Gasteiger partial charge in [0.1, 0.15) is 0 Å². The predicted molar refractivity (Wildman–Crippen MR) is 74.0 cm³/mol. The molecular weight excluding hydrogens is 288 g/mol. The number of rotatable bonds is 2. The number of sulfone groups is 1. The molecule has 0 aliphatic rings. The van der Waals surface area contributed by atoms with E-state index in [1.165, 1.54) is 22.9 Å². The third-order valence-electron chi connectivity index (χ3n) is 2.95. The Hall–Kier alpha value is -1.53. The predicted octanol–water partition coefficient (Wildman–Crippen LogP) is 1.84. The van der Waals surface area contributed by atoms with Crippen molar-refractivity contribution in [3.63, 3.8) is 0 Å². The van der Waals surface area contributed by atoms with Crippen molar-refractivity contribution in [1.29, 1.82) is 0 Å². The fourth-order valence-electron chi connectivity index (χ4n) is 1.69. The lowest BCUT2D eigenvalue weighted by Crippen LogP contribution is -2.16. The van der Waals surface area contributed by atoms with E-state index in [0.717, 1.165) is 6.26 Å². The number of nitrogens with one attached hydrogen (secondary N) is 1. The van der Waals surface area contributed by atoms with Gasteiger partial charge in [0.05, 0.1) is 15.6 Å². The zero-order valence-electron chi connectivity index (χ0n) is 10.7. The van der Waals surface area contributed by atoms with E-state index in [1.54, 1.807) is 13.8 Å². The van der Waals surface area contributed by atoms with Crippen LogP contribution in [0.15, 0.2) is 27.9 Å². The summed E-state index contributed by atoms with van der Waals surface area (Å²) in [4.78, 5) is 12.1. The van der Waals surface area contributed by atoms with E-state index in [2.05, 4.69) is 5.10 Å². The summed E-state index contributed by atoms with van der Waals surface area (Å²) in [6.45, 7) is 3.46. The molecule has 0 saturated heterocycles. The highest BCUT2D eigenvalue weighted by atomic mass is 35.5. The van der Waals surface area contributed by atoms with Crippen LogP contribution in [-0.2, 0) is 9.84 Å². The number of hydrogen-bond acceptors (Lipinski definition) is 3. The van der Waals surface area contributed by atoms with E-state index < -0.39 is 9.84 Å². The minimum Gasteiger partial charge on any atom is -0.295 e. The fourth-order valence-corrected chi connectivity index (χ4v) is 2.54. The SMILES string of the molecule is Cc1[nH]n(-c2cc(S(C)(=O)=O)ccc2Cl)c(=O)c1C. The third-order valence-corrected chi connectivity index (χ3v) is 4.38.